The van der Waals surface area contributed by atoms with E-state index in [0.717, 1.165) is 12.8 Å². The first-order valence-corrected chi connectivity index (χ1v) is 12.5. The molecule has 1 aliphatic rings. The number of ether oxygens (including phenoxy) is 1. The summed E-state index contributed by atoms with van der Waals surface area (Å²) in [5.74, 6) is 0. The maximum Gasteiger partial charge on any atom is 0.261 e. The molecule has 8 nitrogen and oxygen atoms in total. The van der Waals surface area contributed by atoms with Crippen LogP contribution in [0.15, 0.2) is 17.3 Å². The number of fused-ring (bicyclic) bond motifs is 1. The molecule has 0 saturated carbocycles. The Morgan fingerprint density at radius 1 is 1.48 bits per heavy atom. The van der Waals surface area contributed by atoms with E-state index in [-0.39, 0.29) is 29.4 Å². The number of H-pyrrole nitrogens is 1. The summed E-state index contributed by atoms with van der Waals surface area (Å²) in [4.78, 5) is 18.8. The summed E-state index contributed by atoms with van der Waals surface area (Å²) in [6, 6.07) is 0. The molecule has 0 aromatic carbocycles. The molecule has 1 fully saturated rings. The number of rotatable bonds is 7. The molecular weight excluding hydrogens is 364 g/mol. The van der Waals surface area contributed by atoms with Gasteiger partial charge in [-0.05, 0) is 24.6 Å². The van der Waals surface area contributed by atoms with E-state index in [9.17, 15) is 9.90 Å². The zero-order chi connectivity index (χ0) is 19.8. The highest BCUT2D eigenvalue weighted by Crippen LogP contribution is 2.45. The second kappa shape index (κ2) is 7.46. The molecule has 0 radical (unpaired) electrons. The van der Waals surface area contributed by atoms with E-state index in [1.165, 1.54) is 12.5 Å². The Bertz CT molecular complexity index is 847. The fourth-order valence-electron chi connectivity index (χ4n) is 3.68. The predicted octanol–water partition coefficient (Wildman–Crippen LogP) is 2.57. The van der Waals surface area contributed by atoms with Gasteiger partial charge in [0.1, 0.15) is 5.39 Å². The van der Waals surface area contributed by atoms with E-state index in [1.807, 2.05) is 0 Å². The van der Waals surface area contributed by atoms with Gasteiger partial charge in [-0.1, -0.05) is 27.2 Å². The first-order valence-electron chi connectivity index (χ1n) is 9.55. The van der Waals surface area contributed by atoms with Gasteiger partial charge in [-0.3, -0.25) is 4.79 Å². The highest BCUT2D eigenvalue weighted by Gasteiger charge is 2.47. The first kappa shape index (κ1) is 20.2. The molecule has 0 amide bonds. The van der Waals surface area contributed by atoms with E-state index in [0.29, 0.717) is 17.5 Å². The Hall–Kier alpha value is -1.55. The number of hydrogen-bond donors (Lipinski definition) is 2. The predicted molar refractivity (Wildman–Crippen MR) is 105 cm³/mol. The topological polar surface area (TPSA) is 102 Å². The fourth-order valence-corrected chi connectivity index (χ4v) is 5.82. The van der Waals surface area contributed by atoms with Gasteiger partial charge < -0.3 is 19.3 Å². The molecule has 3 rings (SSSR count). The number of aliphatic hydroxyl groups is 1. The Morgan fingerprint density at radius 3 is 2.89 bits per heavy atom. The molecule has 3 atom stereocenters. The molecule has 9 heteroatoms. The molecule has 0 spiro atoms. The standard InChI is InChI=1S/C18H30N4O4Si/c1-6-7-18(2,3)27(4,5)26-14-8-12(10-23)25-17(14)22-15-13(9-21-22)16(24)20-11-19-15/h9,11-12,14,17,23H,6-8,10H2,1-5H3,(H,19,20,24)/t12-,14+,17+/m0/s1. The maximum atomic E-state index is 12.0. The lowest BCUT2D eigenvalue weighted by Crippen LogP contribution is -2.46. The minimum atomic E-state index is -2.08. The lowest BCUT2D eigenvalue weighted by molar-refractivity contribution is -0.0522. The molecule has 3 heterocycles. The zero-order valence-electron chi connectivity index (χ0n) is 16.7. The molecule has 150 valence electrons. The maximum absolute atomic E-state index is 12.0. The molecule has 27 heavy (non-hydrogen) atoms. The van der Waals surface area contributed by atoms with Crippen molar-refractivity contribution in [3.63, 3.8) is 0 Å². The molecular formula is C18H30N4O4Si. The highest BCUT2D eigenvalue weighted by atomic mass is 28.4. The molecule has 2 aromatic heterocycles. The van der Waals surface area contributed by atoms with E-state index in [4.69, 9.17) is 9.16 Å². The number of nitrogens with zero attached hydrogens (tertiary/aromatic N) is 3. The van der Waals surface area contributed by atoms with E-state index in [2.05, 4.69) is 48.9 Å². The van der Waals surface area contributed by atoms with Crippen molar-refractivity contribution in [2.75, 3.05) is 6.61 Å². The van der Waals surface area contributed by atoms with E-state index < -0.39 is 14.5 Å². The minimum Gasteiger partial charge on any atom is -0.409 e. The number of aromatic amines is 1. The van der Waals surface area contributed by atoms with Crippen molar-refractivity contribution in [3.05, 3.63) is 22.9 Å². The second-order valence-electron chi connectivity index (χ2n) is 8.43. The van der Waals surface area contributed by atoms with Crippen molar-refractivity contribution < 1.29 is 14.3 Å². The summed E-state index contributed by atoms with van der Waals surface area (Å²) in [6.07, 6.45) is 4.56. The van der Waals surface area contributed by atoms with Crippen molar-refractivity contribution in [1.82, 2.24) is 19.7 Å². The van der Waals surface area contributed by atoms with Crippen LogP contribution in [0.2, 0.25) is 18.1 Å². The molecule has 2 aromatic rings. The molecule has 0 bridgehead atoms. The van der Waals surface area contributed by atoms with Crippen molar-refractivity contribution >= 4 is 19.4 Å². The summed E-state index contributed by atoms with van der Waals surface area (Å²) in [6.45, 7) is 11.1. The van der Waals surface area contributed by atoms with Gasteiger partial charge in [0.25, 0.3) is 5.56 Å². The van der Waals surface area contributed by atoms with Crippen LogP contribution in [0.3, 0.4) is 0 Å². The summed E-state index contributed by atoms with van der Waals surface area (Å²) < 4.78 is 14.3. The lowest BCUT2D eigenvalue weighted by Gasteiger charge is -2.41. The van der Waals surface area contributed by atoms with Crippen molar-refractivity contribution in [1.29, 1.82) is 0 Å². The third-order valence-electron chi connectivity index (χ3n) is 5.94. The number of nitrogens with one attached hydrogen (secondary N) is 1. The van der Waals surface area contributed by atoms with Crippen LogP contribution < -0.4 is 5.56 Å². The lowest BCUT2D eigenvalue weighted by atomic mass is 10.1. The van der Waals surface area contributed by atoms with Crippen LogP contribution in [0.1, 0.15) is 46.3 Å². The molecule has 1 aliphatic heterocycles. The van der Waals surface area contributed by atoms with Crippen LogP contribution in [0.25, 0.3) is 11.0 Å². The third-order valence-corrected chi connectivity index (χ3v) is 10.3. The first-order chi connectivity index (χ1) is 12.7. The smallest absolute Gasteiger partial charge is 0.261 e. The van der Waals surface area contributed by atoms with Gasteiger partial charge >= 0.3 is 0 Å². The Labute approximate surface area is 160 Å². The van der Waals surface area contributed by atoms with Gasteiger partial charge in [-0.2, -0.15) is 5.10 Å². The number of hydrogen-bond acceptors (Lipinski definition) is 6. The van der Waals surface area contributed by atoms with Gasteiger partial charge in [0.2, 0.25) is 0 Å². The summed E-state index contributed by atoms with van der Waals surface area (Å²) in [5, 5.41) is 14.5. The van der Waals surface area contributed by atoms with Crippen molar-refractivity contribution in [2.24, 2.45) is 0 Å². The second-order valence-corrected chi connectivity index (χ2v) is 13.0. The highest BCUT2D eigenvalue weighted by molar-refractivity contribution is 6.74. The quantitative estimate of drug-likeness (QED) is 0.700. The van der Waals surface area contributed by atoms with Crippen LogP contribution in [-0.4, -0.2) is 52.0 Å². The van der Waals surface area contributed by atoms with Crippen LogP contribution in [0, 0.1) is 0 Å². The molecule has 2 N–H and O–H groups in total. The third kappa shape index (κ3) is 3.73. The van der Waals surface area contributed by atoms with Gasteiger partial charge in [0.05, 0.1) is 31.3 Å². The molecule has 1 saturated heterocycles. The zero-order valence-corrected chi connectivity index (χ0v) is 17.7. The minimum absolute atomic E-state index is 0.0795. The summed E-state index contributed by atoms with van der Waals surface area (Å²) >= 11 is 0. The fraction of sp³-hybridized carbons (Fsp3) is 0.722. The Morgan fingerprint density at radius 2 is 2.22 bits per heavy atom. The Kier molecular flexibility index (Phi) is 5.58. The van der Waals surface area contributed by atoms with E-state index >= 15 is 0 Å². The van der Waals surface area contributed by atoms with Gasteiger partial charge in [0, 0.05) is 6.42 Å². The van der Waals surface area contributed by atoms with E-state index in [1.54, 1.807) is 4.68 Å². The summed E-state index contributed by atoms with van der Waals surface area (Å²) in [7, 11) is -2.08. The van der Waals surface area contributed by atoms with Gasteiger partial charge in [0.15, 0.2) is 20.2 Å². The van der Waals surface area contributed by atoms with Crippen LogP contribution in [0.5, 0.6) is 0 Å². The average molecular weight is 395 g/mol. The van der Waals surface area contributed by atoms with Crippen molar-refractivity contribution in [3.8, 4) is 0 Å². The summed E-state index contributed by atoms with van der Waals surface area (Å²) in [5.41, 5.74) is 0.224. The molecule has 0 aliphatic carbocycles. The monoisotopic (exact) mass is 394 g/mol. The molecule has 0 unspecified atom stereocenters. The SMILES string of the molecule is CCCC(C)(C)[Si](C)(C)O[C@@H]1C[C@@H](CO)O[C@H]1n1ncc2c(=O)[nH]cnc21. The van der Waals surface area contributed by atoms with Gasteiger partial charge in [-0.25, -0.2) is 9.67 Å². The number of aliphatic hydroxyl groups excluding tert-OH is 1. The number of aromatic nitrogens is 4. The van der Waals surface area contributed by atoms with Crippen molar-refractivity contribution in [2.45, 2.75) is 76.6 Å². The van der Waals surface area contributed by atoms with Crippen LogP contribution >= 0.6 is 0 Å². The van der Waals surface area contributed by atoms with Gasteiger partial charge in [-0.15, -0.1) is 0 Å². The Balaban J connectivity index is 1.93. The average Bonchev–Trinajstić information content (AvgIpc) is 3.18. The largest absolute Gasteiger partial charge is 0.409 e. The van der Waals surface area contributed by atoms with Crippen LogP contribution in [-0.2, 0) is 9.16 Å². The van der Waals surface area contributed by atoms with Crippen LogP contribution in [0.4, 0.5) is 0 Å². The normalized spacial score (nSPS) is 24.0.